The van der Waals surface area contributed by atoms with Gasteiger partial charge in [-0.3, -0.25) is 0 Å². The fourth-order valence-electron chi connectivity index (χ4n) is 2.25. The van der Waals surface area contributed by atoms with E-state index >= 15 is 0 Å². The molecule has 1 rings (SSSR count). The van der Waals surface area contributed by atoms with E-state index < -0.39 is 12.0 Å². The molecule has 5 heteroatoms. The maximum Gasteiger partial charge on any atom is 0.326 e. The molecule has 1 fully saturated rings. The standard InChI is InChI=1S/C13H24N2O3/c1-8(2)10-5-6-15(7-10)13(18)14-11(9(3)4)12(16)17/h8-11H,5-7H2,1-4H3,(H,14,18)(H,16,17). The Morgan fingerprint density at radius 2 is 1.89 bits per heavy atom. The number of aliphatic carboxylic acids is 1. The Morgan fingerprint density at radius 1 is 1.28 bits per heavy atom. The molecule has 0 bridgehead atoms. The summed E-state index contributed by atoms with van der Waals surface area (Å²) in [6, 6.07) is -1.06. The summed E-state index contributed by atoms with van der Waals surface area (Å²) in [5, 5.41) is 11.6. The van der Waals surface area contributed by atoms with Crippen LogP contribution in [0.2, 0.25) is 0 Å². The Morgan fingerprint density at radius 3 is 2.28 bits per heavy atom. The molecule has 1 aliphatic rings. The summed E-state index contributed by atoms with van der Waals surface area (Å²) < 4.78 is 0. The van der Waals surface area contributed by atoms with Crippen molar-refractivity contribution in [3.8, 4) is 0 Å². The van der Waals surface area contributed by atoms with Crippen LogP contribution in [0.5, 0.6) is 0 Å². The second-order valence-corrected chi connectivity index (χ2v) is 5.75. The molecule has 18 heavy (non-hydrogen) atoms. The summed E-state index contributed by atoms with van der Waals surface area (Å²) in [6.45, 7) is 9.34. The zero-order valence-electron chi connectivity index (χ0n) is 11.6. The average Bonchev–Trinajstić information content (AvgIpc) is 2.73. The average molecular weight is 256 g/mol. The van der Waals surface area contributed by atoms with Crippen molar-refractivity contribution in [1.29, 1.82) is 0 Å². The van der Waals surface area contributed by atoms with Gasteiger partial charge in [0.25, 0.3) is 0 Å². The monoisotopic (exact) mass is 256 g/mol. The quantitative estimate of drug-likeness (QED) is 0.805. The van der Waals surface area contributed by atoms with E-state index in [1.807, 2.05) is 0 Å². The molecule has 0 aromatic carbocycles. The van der Waals surface area contributed by atoms with Gasteiger partial charge in [0.2, 0.25) is 0 Å². The van der Waals surface area contributed by atoms with E-state index in [9.17, 15) is 9.59 Å². The Kier molecular flexibility index (Phi) is 4.99. The lowest BCUT2D eigenvalue weighted by Gasteiger charge is -2.23. The van der Waals surface area contributed by atoms with Crippen LogP contribution < -0.4 is 5.32 Å². The summed E-state index contributed by atoms with van der Waals surface area (Å²) in [5.74, 6) is -0.00541. The SMILES string of the molecule is CC(C)C1CCN(C(=O)NC(C(=O)O)C(C)C)C1. The highest BCUT2D eigenvalue weighted by atomic mass is 16.4. The van der Waals surface area contributed by atoms with Crippen LogP contribution >= 0.6 is 0 Å². The number of hydrogen-bond donors (Lipinski definition) is 2. The Hall–Kier alpha value is -1.26. The molecule has 0 radical (unpaired) electrons. The van der Waals surface area contributed by atoms with Gasteiger partial charge in [-0.25, -0.2) is 9.59 Å². The summed E-state index contributed by atoms with van der Waals surface area (Å²) in [7, 11) is 0. The van der Waals surface area contributed by atoms with Crippen molar-refractivity contribution in [3.63, 3.8) is 0 Å². The molecule has 0 aromatic heterocycles. The number of carbonyl (C=O) groups is 2. The fourth-order valence-corrected chi connectivity index (χ4v) is 2.25. The molecule has 5 nitrogen and oxygen atoms in total. The summed E-state index contributed by atoms with van der Waals surface area (Å²) in [4.78, 5) is 24.7. The molecule has 2 N–H and O–H groups in total. The number of carbonyl (C=O) groups excluding carboxylic acids is 1. The van der Waals surface area contributed by atoms with Crippen molar-refractivity contribution in [2.45, 2.75) is 40.2 Å². The number of carboxylic acids is 1. The van der Waals surface area contributed by atoms with Crippen LogP contribution in [0.1, 0.15) is 34.1 Å². The molecule has 2 atom stereocenters. The van der Waals surface area contributed by atoms with Crippen molar-refractivity contribution < 1.29 is 14.7 Å². The molecule has 0 saturated carbocycles. The number of likely N-dealkylation sites (tertiary alicyclic amines) is 1. The van der Waals surface area contributed by atoms with E-state index in [2.05, 4.69) is 19.2 Å². The Bertz CT molecular complexity index is 315. The van der Waals surface area contributed by atoms with E-state index in [0.29, 0.717) is 11.8 Å². The minimum Gasteiger partial charge on any atom is -0.480 e. The van der Waals surface area contributed by atoms with Gasteiger partial charge in [0.05, 0.1) is 0 Å². The number of hydrogen-bond acceptors (Lipinski definition) is 2. The van der Waals surface area contributed by atoms with Crippen LogP contribution in [0.3, 0.4) is 0 Å². The molecular formula is C13H24N2O3. The van der Waals surface area contributed by atoms with E-state index in [1.165, 1.54) is 0 Å². The van der Waals surface area contributed by atoms with Gasteiger partial charge >= 0.3 is 12.0 Å². The molecule has 0 aliphatic carbocycles. The summed E-state index contributed by atoms with van der Waals surface area (Å²) >= 11 is 0. The van der Waals surface area contributed by atoms with Gasteiger partial charge in [-0.05, 0) is 24.2 Å². The first-order chi connectivity index (χ1) is 8.32. The highest BCUT2D eigenvalue weighted by Gasteiger charge is 2.31. The lowest BCUT2D eigenvalue weighted by Crippen LogP contribution is -2.49. The van der Waals surface area contributed by atoms with Gasteiger partial charge in [0.1, 0.15) is 6.04 Å². The third kappa shape index (κ3) is 3.62. The van der Waals surface area contributed by atoms with E-state index in [1.54, 1.807) is 18.7 Å². The fraction of sp³-hybridized carbons (Fsp3) is 0.846. The van der Waals surface area contributed by atoms with Crippen molar-refractivity contribution in [2.75, 3.05) is 13.1 Å². The predicted molar refractivity (Wildman–Crippen MR) is 69.3 cm³/mol. The Balaban J connectivity index is 2.53. The van der Waals surface area contributed by atoms with Crippen molar-refractivity contribution in [2.24, 2.45) is 17.8 Å². The lowest BCUT2D eigenvalue weighted by molar-refractivity contribution is -0.140. The maximum atomic E-state index is 12.0. The third-order valence-corrected chi connectivity index (χ3v) is 3.67. The van der Waals surface area contributed by atoms with Crippen LogP contribution in [-0.2, 0) is 4.79 Å². The van der Waals surface area contributed by atoms with Crippen LogP contribution in [0, 0.1) is 17.8 Å². The second-order valence-electron chi connectivity index (χ2n) is 5.75. The zero-order valence-corrected chi connectivity index (χ0v) is 11.6. The van der Waals surface area contributed by atoms with E-state index in [0.717, 1.165) is 19.5 Å². The summed E-state index contributed by atoms with van der Waals surface area (Å²) in [5.41, 5.74) is 0. The normalized spacial score (nSPS) is 21.4. The minimum atomic E-state index is -0.974. The first-order valence-corrected chi connectivity index (χ1v) is 6.61. The smallest absolute Gasteiger partial charge is 0.326 e. The predicted octanol–water partition coefficient (Wildman–Crippen LogP) is 1.78. The molecule has 1 heterocycles. The number of amides is 2. The second kappa shape index (κ2) is 6.07. The molecule has 104 valence electrons. The first kappa shape index (κ1) is 14.8. The van der Waals surface area contributed by atoms with Crippen molar-refractivity contribution >= 4 is 12.0 Å². The number of carboxylic acid groups (broad SMARTS) is 1. The molecular weight excluding hydrogens is 232 g/mol. The molecule has 1 saturated heterocycles. The molecule has 2 amide bonds. The van der Waals surface area contributed by atoms with Crippen molar-refractivity contribution in [1.82, 2.24) is 10.2 Å². The molecule has 1 aliphatic heterocycles. The van der Waals surface area contributed by atoms with Gasteiger partial charge in [-0.2, -0.15) is 0 Å². The van der Waals surface area contributed by atoms with E-state index in [4.69, 9.17) is 5.11 Å². The third-order valence-electron chi connectivity index (χ3n) is 3.67. The maximum absolute atomic E-state index is 12.0. The lowest BCUT2D eigenvalue weighted by atomic mass is 9.95. The molecule has 0 aromatic rings. The Labute approximate surface area is 109 Å². The number of nitrogens with one attached hydrogen (secondary N) is 1. The number of urea groups is 1. The highest BCUT2D eigenvalue weighted by molar-refractivity contribution is 5.82. The molecule has 0 spiro atoms. The van der Waals surface area contributed by atoms with Gasteiger partial charge in [-0.15, -0.1) is 0 Å². The minimum absolute atomic E-state index is 0.116. The van der Waals surface area contributed by atoms with Crippen LogP contribution in [0.4, 0.5) is 4.79 Å². The van der Waals surface area contributed by atoms with Crippen LogP contribution in [0.25, 0.3) is 0 Å². The van der Waals surface area contributed by atoms with Crippen molar-refractivity contribution in [3.05, 3.63) is 0 Å². The summed E-state index contributed by atoms with van der Waals surface area (Å²) in [6.07, 6.45) is 1.00. The molecule has 2 unspecified atom stereocenters. The first-order valence-electron chi connectivity index (χ1n) is 6.61. The van der Waals surface area contributed by atoms with Gasteiger partial charge in [-0.1, -0.05) is 27.7 Å². The highest BCUT2D eigenvalue weighted by Crippen LogP contribution is 2.23. The largest absolute Gasteiger partial charge is 0.480 e. The van der Waals surface area contributed by atoms with Crippen LogP contribution in [-0.4, -0.2) is 41.1 Å². The van der Waals surface area contributed by atoms with Gasteiger partial charge < -0.3 is 15.3 Å². The zero-order chi connectivity index (χ0) is 13.9. The van der Waals surface area contributed by atoms with Gasteiger partial charge in [0, 0.05) is 13.1 Å². The van der Waals surface area contributed by atoms with Crippen LogP contribution in [0.15, 0.2) is 0 Å². The topological polar surface area (TPSA) is 69.6 Å². The number of nitrogens with zero attached hydrogens (tertiary/aromatic N) is 1. The van der Waals surface area contributed by atoms with Gasteiger partial charge in [0.15, 0.2) is 0 Å². The number of rotatable bonds is 4. The van der Waals surface area contributed by atoms with E-state index in [-0.39, 0.29) is 11.9 Å².